The zero-order chi connectivity index (χ0) is 11.0. The van der Waals surface area contributed by atoms with Crippen LogP contribution >= 0.6 is 0 Å². The second-order valence-corrected chi connectivity index (χ2v) is 3.18. The van der Waals surface area contributed by atoms with E-state index in [2.05, 4.69) is 4.98 Å². The van der Waals surface area contributed by atoms with Gasteiger partial charge in [0, 0.05) is 6.54 Å². The molecule has 0 amide bonds. The first-order valence-corrected chi connectivity index (χ1v) is 4.60. The number of fused-ring (bicyclic) bond motifs is 1. The van der Waals surface area contributed by atoms with E-state index < -0.39 is 5.69 Å². The third-order valence-electron chi connectivity index (χ3n) is 2.31. The summed E-state index contributed by atoms with van der Waals surface area (Å²) in [6, 6.07) is 4.56. The first-order chi connectivity index (χ1) is 7.15. The van der Waals surface area contributed by atoms with Crippen LogP contribution < -0.4 is 11.2 Å². The van der Waals surface area contributed by atoms with E-state index in [4.69, 9.17) is 0 Å². The van der Waals surface area contributed by atoms with E-state index in [-0.39, 0.29) is 16.8 Å². The third-order valence-corrected chi connectivity index (χ3v) is 2.31. The molecule has 2 N–H and O–H groups in total. The normalized spacial score (nSPS) is 10.7. The number of benzene rings is 1. The Morgan fingerprint density at radius 2 is 2.13 bits per heavy atom. The van der Waals surface area contributed by atoms with Crippen LogP contribution in [0.25, 0.3) is 10.9 Å². The Morgan fingerprint density at radius 1 is 1.40 bits per heavy atom. The molecule has 0 aliphatic carbocycles. The molecule has 15 heavy (non-hydrogen) atoms. The molecule has 0 unspecified atom stereocenters. The van der Waals surface area contributed by atoms with E-state index in [1.54, 1.807) is 19.1 Å². The molecule has 0 spiro atoms. The van der Waals surface area contributed by atoms with Crippen LogP contribution in [0.2, 0.25) is 0 Å². The number of nitrogens with zero attached hydrogens (tertiary/aromatic N) is 1. The standard InChI is InChI=1S/C10H10N2O3/c1-2-12-9(14)6-4-3-5-7(13)8(6)11-10(12)15/h3-5,13H,2H2,1H3,(H,11,15). The summed E-state index contributed by atoms with van der Waals surface area (Å²) in [4.78, 5) is 25.7. The van der Waals surface area contributed by atoms with Crippen LogP contribution in [0.5, 0.6) is 5.75 Å². The van der Waals surface area contributed by atoms with Gasteiger partial charge < -0.3 is 10.1 Å². The van der Waals surface area contributed by atoms with Crippen molar-refractivity contribution in [3.63, 3.8) is 0 Å². The van der Waals surface area contributed by atoms with Crippen LogP contribution in [0.3, 0.4) is 0 Å². The van der Waals surface area contributed by atoms with Crippen molar-refractivity contribution in [2.75, 3.05) is 0 Å². The molecule has 2 aromatic rings. The van der Waals surface area contributed by atoms with Gasteiger partial charge in [-0.25, -0.2) is 4.79 Å². The van der Waals surface area contributed by atoms with Gasteiger partial charge in [-0.3, -0.25) is 9.36 Å². The lowest BCUT2D eigenvalue weighted by Crippen LogP contribution is -2.34. The van der Waals surface area contributed by atoms with Gasteiger partial charge in [0.2, 0.25) is 0 Å². The van der Waals surface area contributed by atoms with Gasteiger partial charge in [0.15, 0.2) is 0 Å². The first-order valence-electron chi connectivity index (χ1n) is 4.60. The lowest BCUT2D eigenvalue weighted by atomic mass is 10.2. The van der Waals surface area contributed by atoms with Crippen molar-refractivity contribution in [2.24, 2.45) is 0 Å². The Labute approximate surface area is 84.6 Å². The van der Waals surface area contributed by atoms with Gasteiger partial charge in [0.05, 0.1) is 10.9 Å². The number of hydrogen-bond acceptors (Lipinski definition) is 3. The number of aromatic nitrogens is 2. The number of hydrogen-bond donors (Lipinski definition) is 2. The minimum atomic E-state index is -0.503. The van der Waals surface area contributed by atoms with Crippen LogP contribution in [0.4, 0.5) is 0 Å². The molecule has 5 nitrogen and oxygen atoms in total. The van der Waals surface area contributed by atoms with Crippen molar-refractivity contribution in [1.82, 2.24) is 9.55 Å². The largest absolute Gasteiger partial charge is 0.506 e. The molecule has 0 aliphatic heterocycles. The fourth-order valence-electron chi connectivity index (χ4n) is 1.55. The molecule has 5 heteroatoms. The van der Waals surface area contributed by atoms with Gasteiger partial charge in [-0.05, 0) is 19.1 Å². The molecule has 1 heterocycles. The van der Waals surface area contributed by atoms with Crippen molar-refractivity contribution in [2.45, 2.75) is 13.5 Å². The summed E-state index contributed by atoms with van der Waals surface area (Å²) in [7, 11) is 0. The summed E-state index contributed by atoms with van der Waals surface area (Å²) in [6.07, 6.45) is 0. The lowest BCUT2D eigenvalue weighted by Gasteiger charge is -2.03. The Balaban J connectivity index is 3.05. The zero-order valence-electron chi connectivity index (χ0n) is 8.15. The molecular weight excluding hydrogens is 196 g/mol. The molecule has 0 bridgehead atoms. The Hall–Kier alpha value is -2.04. The van der Waals surface area contributed by atoms with Crippen molar-refractivity contribution >= 4 is 10.9 Å². The molecule has 0 atom stereocenters. The SMILES string of the molecule is CCn1c(=O)[nH]c2c(O)cccc2c1=O. The number of rotatable bonds is 1. The monoisotopic (exact) mass is 206 g/mol. The maximum atomic E-state index is 11.8. The number of H-pyrrole nitrogens is 1. The van der Waals surface area contributed by atoms with Gasteiger partial charge >= 0.3 is 5.69 Å². The summed E-state index contributed by atoms with van der Waals surface area (Å²) in [5, 5.41) is 9.78. The predicted octanol–water partition coefficient (Wildman–Crippen LogP) is 0.415. The van der Waals surface area contributed by atoms with Crippen LogP contribution in [-0.4, -0.2) is 14.7 Å². The third kappa shape index (κ3) is 1.32. The van der Waals surface area contributed by atoms with E-state index in [9.17, 15) is 14.7 Å². The fraction of sp³-hybridized carbons (Fsp3) is 0.200. The summed E-state index contributed by atoms with van der Waals surface area (Å²) >= 11 is 0. The van der Waals surface area contributed by atoms with E-state index in [1.807, 2.05) is 0 Å². The van der Waals surface area contributed by atoms with Crippen LogP contribution in [0, 0.1) is 0 Å². The topological polar surface area (TPSA) is 75.1 Å². The van der Waals surface area contributed by atoms with E-state index in [0.29, 0.717) is 11.9 Å². The molecule has 1 aromatic heterocycles. The molecule has 0 saturated heterocycles. The average molecular weight is 206 g/mol. The van der Waals surface area contributed by atoms with Gasteiger partial charge in [-0.15, -0.1) is 0 Å². The first kappa shape index (κ1) is 9.51. The maximum absolute atomic E-state index is 11.8. The molecule has 0 fully saturated rings. The van der Waals surface area contributed by atoms with Gasteiger partial charge in [-0.2, -0.15) is 0 Å². The lowest BCUT2D eigenvalue weighted by molar-refractivity contribution is 0.479. The highest BCUT2D eigenvalue weighted by molar-refractivity contribution is 5.82. The minimum Gasteiger partial charge on any atom is -0.506 e. The predicted molar refractivity (Wildman–Crippen MR) is 56.2 cm³/mol. The molecule has 1 aromatic carbocycles. The Morgan fingerprint density at radius 3 is 2.80 bits per heavy atom. The summed E-state index contributed by atoms with van der Waals surface area (Å²) < 4.78 is 1.09. The van der Waals surface area contributed by atoms with E-state index in [0.717, 1.165) is 4.57 Å². The fourth-order valence-corrected chi connectivity index (χ4v) is 1.55. The van der Waals surface area contributed by atoms with Gasteiger partial charge in [0.25, 0.3) is 5.56 Å². The summed E-state index contributed by atoms with van der Waals surface area (Å²) in [5.41, 5.74) is -0.694. The number of para-hydroxylation sites is 1. The van der Waals surface area contributed by atoms with Crippen molar-refractivity contribution < 1.29 is 5.11 Å². The summed E-state index contributed by atoms with van der Waals surface area (Å²) in [5.74, 6) is -0.0926. The number of phenols is 1. The smallest absolute Gasteiger partial charge is 0.328 e. The zero-order valence-corrected chi connectivity index (χ0v) is 8.15. The number of aromatic amines is 1. The second kappa shape index (κ2) is 3.27. The van der Waals surface area contributed by atoms with Crippen LogP contribution in [0.15, 0.2) is 27.8 Å². The Kier molecular flexibility index (Phi) is 2.07. The summed E-state index contributed by atoms with van der Waals surface area (Å²) in [6.45, 7) is 2.02. The maximum Gasteiger partial charge on any atom is 0.328 e. The quantitative estimate of drug-likeness (QED) is 0.709. The molecule has 0 saturated carbocycles. The molecule has 78 valence electrons. The Bertz CT molecular complexity index is 625. The average Bonchev–Trinajstić information content (AvgIpc) is 2.20. The second-order valence-electron chi connectivity index (χ2n) is 3.18. The van der Waals surface area contributed by atoms with Gasteiger partial charge in [0.1, 0.15) is 5.75 Å². The molecular formula is C10H10N2O3. The highest BCUT2D eigenvalue weighted by atomic mass is 16.3. The van der Waals surface area contributed by atoms with Crippen LogP contribution in [-0.2, 0) is 6.54 Å². The van der Waals surface area contributed by atoms with E-state index in [1.165, 1.54) is 6.07 Å². The van der Waals surface area contributed by atoms with Crippen molar-refractivity contribution in [3.05, 3.63) is 39.0 Å². The molecule has 0 aliphatic rings. The number of aromatic hydroxyl groups is 1. The van der Waals surface area contributed by atoms with Crippen molar-refractivity contribution in [3.8, 4) is 5.75 Å². The highest BCUT2D eigenvalue weighted by Crippen LogP contribution is 2.17. The molecule has 2 rings (SSSR count). The molecule has 0 radical (unpaired) electrons. The van der Waals surface area contributed by atoms with Gasteiger partial charge in [-0.1, -0.05) is 6.07 Å². The minimum absolute atomic E-state index is 0.0926. The van der Waals surface area contributed by atoms with Crippen molar-refractivity contribution in [1.29, 1.82) is 0 Å². The number of nitrogens with one attached hydrogen (secondary N) is 1. The highest BCUT2D eigenvalue weighted by Gasteiger charge is 2.07. The van der Waals surface area contributed by atoms with E-state index >= 15 is 0 Å². The van der Waals surface area contributed by atoms with Crippen LogP contribution in [0.1, 0.15) is 6.92 Å². The number of phenolic OH excluding ortho intramolecular Hbond substituents is 1.